The summed E-state index contributed by atoms with van der Waals surface area (Å²) in [6.45, 7) is 3.65. The van der Waals surface area contributed by atoms with Gasteiger partial charge in [0.25, 0.3) is 0 Å². The molecule has 2 N–H and O–H groups in total. The molecule has 2 unspecified atom stereocenters. The lowest BCUT2D eigenvalue weighted by Gasteiger charge is -2.18. The second kappa shape index (κ2) is 7.05. The van der Waals surface area contributed by atoms with Gasteiger partial charge in [-0.1, -0.05) is 48.0 Å². The Hall–Kier alpha value is -1.69. The number of hydrogen-bond donors (Lipinski definition) is 2. The average Bonchev–Trinajstić information content (AvgIpc) is 2.48. The van der Waals surface area contributed by atoms with Crippen LogP contribution in [0.1, 0.15) is 30.6 Å². The zero-order valence-corrected chi connectivity index (χ0v) is 13.5. The minimum atomic E-state index is -3.57. The van der Waals surface area contributed by atoms with Crippen molar-refractivity contribution in [2.24, 2.45) is 0 Å². The van der Waals surface area contributed by atoms with Gasteiger partial charge in [-0.3, -0.25) is 0 Å². The summed E-state index contributed by atoms with van der Waals surface area (Å²) >= 11 is 0. The lowest BCUT2D eigenvalue weighted by molar-refractivity contribution is 0.158. The highest BCUT2D eigenvalue weighted by Crippen LogP contribution is 2.19. The molecule has 0 amide bonds. The minimum absolute atomic E-state index is 0.235. The molecule has 0 fully saturated rings. The third-order valence-corrected chi connectivity index (χ3v) is 5.05. The number of rotatable bonds is 6. The van der Waals surface area contributed by atoms with Gasteiger partial charge in [-0.25, -0.2) is 13.1 Å². The smallest absolute Gasteiger partial charge is 0.240 e. The van der Waals surface area contributed by atoms with Crippen molar-refractivity contribution in [3.63, 3.8) is 0 Å². The normalized spacial score (nSPS) is 14.5. The zero-order valence-electron chi connectivity index (χ0n) is 12.7. The molecule has 0 saturated heterocycles. The van der Waals surface area contributed by atoms with Gasteiger partial charge in [0.1, 0.15) is 0 Å². The van der Waals surface area contributed by atoms with Gasteiger partial charge in [0.2, 0.25) is 10.0 Å². The van der Waals surface area contributed by atoms with Crippen LogP contribution in [0.2, 0.25) is 0 Å². The summed E-state index contributed by atoms with van der Waals surface area (Å²) in [5, 5.41) is 10.2. The lowest BCUT2D eigenvalue weighted by Crippen LogP contribution is -2.33. The van der Waals surface area contributed by atoms with E-state index in [0.29, 0.717) is 6.42 Å². The van der Waals surface area contributed by atoms with Crippen LogP contribution < -0.4 is 4.72 Å². The van der Waals surface area contributed by atoms with E-state index in [1.807, 2.05) is 37.3 Å². The number of benzene rings is 2. The maximum atomic E-state index is 12.3. The van der Waals surface area contributed by atoms with Gasteiger partial charge >= 0.3 is 0 Å². The molecular weight excluding hydrogens is 298 g/mol. The first-order valence-electron chi connectivity index (χ1n) is 7.20. The van der Waals surface area contributed by atoms with Crippen LogP contribution in [0.25, 0.3) is 0 Å². The number of sulfonamides is 1. The molecule has 4 nitrogen and oxygen atoms in total. The second-order valence-electron chi connectivity index (χ2n) is 5.50. The molecule has 0 aromatic heterocycles. The molecule has 2 aromatic rings. The van der Waals surface area contributed by atoms with Gasteiger partial charge in [0.15, 0.2) is 0 Å². The van der Waals surface area contributed by atoms with E-state index in [9.17, 15) is 13.5 Å². The fourth-order valence-electron chi connectivity index (χ4n) is 2.24. The van der Waals surface area contributed by atoms with E-state index in [4.69, 9.17) is 0 Å². The Morgan fingerprint density at radius 2 is 1.64 bits per heavy atom. The highest BCUT2D eigenvalue weighted by molar-refractivity contribution is 7.89. The Kier molecular flexibility index (Phi) is 5.34. The molecule has 0 aliphatic rings. The maximum absolute atomic E-state index is 12.3. The summed E-state index contributed by atoms with van der Waals surface area (Å²) in [6, 6.07) is 15.5. The van der Waals surface area contributed by atoms with Crippen LogP contribution in [0.5, 0.6) is 0 Å². The van der Waals surface area contributed by atoms with Crippen LogP contribution in [0.3, 0.4) is 0 Å². The molecule has 22 heavy (non-hydrogen) atoms. The quantitative estimate of drug-likeness (QED) is 0.860. The van der Waals surface area contributed by atoms with Crippen molar-refractivity contribution in [3.05, 3.63) is 65.7 Å². The Labute approximate surface area is 131 Å². The Bertz CT molecular complexity index is 696. The highest BCUT2D eigenvalue weighted by Gasteiger charge is 2.19. The molecule has 2 rings (SSSR count). The summed E-state index contributed by atoms with van der Waals surface area (Å²) in [7, 11) is -3.57. The molecule has 2 atom stereocenters. The maximum Gasteiger partial charge on any atom is 0.240 e. The van der Waals surface area contributed by atoms with Crippen LogP contribution in [-0.4, -0.2) is 19.6 Å². The lowest BCUT2D eigenvalue weighted by atomic mass is 10.0. The molecule has 0 bridgehead atoms. The summed E-state index contributed by atoms with van der Waals surface area (Å²) in [4.78, 5) is 0.235. The SMILES string of the molecule is Cc1ccc(S(=O)(=O)NC(C)CC(O)c2ccccc2)cc1. The van der Waals surface area contributed by atoms with E-state index in [1.165, 1.54) is 0 Å². The van der Waals surface area contributed by atoms with Gasteiger partial charge in [-0.05, 0) is 38.0 Å². The molecule has 118 valence electrons. The Morgan fingerprint density at radius 1 is 1.05 bits per heavy atom. The minimum Gasteiger partial charge on any atom is -0.388 e. The molecule has 0 aliphatic heterocycles. The predicted molar refractivity (Wildman–Crippen MR) is 87.0 cm³/mol. The number of nitrogens with one attached hydrogen (secondary N) is 1. The molecule has 0 saturated carbocycles. The molecule has 0 heterocycles. The van der Waals surface area contributed by atoms with Crippen LogP contribution in [-0.2, 0) is 10.0 Å². The standard InChI is InChI=1S/C17H21NO3S/c1-13-8-10-16(11-9-13)22(20,21)18-14(2)12-17(19)15-6-4-3-5-7-15/h3-11,14,17-19H,12H2,1-2H3. The Balaban J connectivity index is 2.02. The van der Waals surface area contributed by atoms with Gasteiger partial charge < -0.3 is 5.11 Å². The van der Waals surface area contributed by atoms with Crippen molar-refractivity contribution in [1.29, 1.82) is 0 Å². The first kappa shape index (κ1) is 16.7. The highest BCUT2D eigenvalue weighted by atomic mass is 32.2. The first-order chi connectivity index (χ1) is 10.4. The van der Waals surface area contributed by atoms with E-state index < -0.39 is 16.1 Å². The predicted octanol–water partition coefficient (Wildman–Crippen LogP) is 2.79. The largest absolute Gasteiger partial charge is 0.388 e. The first-order valence-corrected chi connectivity index (χ1v) is 8.69. The van der Waals surface area contributed by atoms with Crippen molar-refractivity contribution < 1.29 is 13.5 Å². The summed E-state index contributed by atoms with van der Waals surface area (Å²) < 4.78 is 27.2. The van der Waals surface area contributed by atoms with Crippen molar-refractivity contribution in [1.82, 2.24) is 4.72 Å². The van der Waals surface area contributed by atoms with E-state index >= 15 is 0 Å². The van der Waals surface area contributed by atoms with Gasteiger partial charge in [-0.15, -0.1) is 0 Å². The molecule has 5 heteroatoms. The molecule has 0 spiro atoms. The topological polar surface area (TPSA) is 66.4 Å². The monoisotopic (exact) mass is 319 g/mol. The molecule has 0 radical (unpaired) electrons. The second-order valence-corrected chi connectivity index (χ2v) is 7.21. The molecule has 0 aliphatic carbocycles. The summed E-state index contributed by atoms with van der Waals surface area (Å²) in [5.41, 5.74) is 1.79. The fourth-order valence-corrected chi connectivity index (χ4v) is 3.50. The molecule has 2 aromatic carbocycles. The van der Waals surface area contributed by atoms with Gasteiger partial charge in [0, 0.05) is 6.04 Å². The summed E-state index contributed by atoms with van der Waals surface area (Å²) in [6.07, 6.45) is -0.383. The Morgan fingerprint density at radius 3 is 2.23 bits per heavy atom. The third kappa shape index (κ3) is 4.40. The number of hydrogen-bond acceptors (Lipinski definition) is 3. The van der Waals surface area contributed by atoms with Crippen LogP contribution >= 0.6 is 0 Å². The van der Waals surface area contributed by atoms with E-state index in [-0.39, 0.29) is 10.9 Å². The molecular formula is C17H21NO3S. The van der Waals surface area contributed by atoms with Crippen molar-refractivity contribution in [2.45, 2.75) is 37.3 Å². The fraction of sp³-hybridized carbons (Fsp3) is 0.294. The van der Waals surface area contributed by atoms with E-state index in [0.717, 1.165) is 11.1 Å². The van der Waals surface area contributed by atoms with Crippen molar-refractivity contribution >= 4 is 10.0 Å². The summed E-state index contributed by atoms with van der Waals surface area (Å²) in [5.74, 6) is 0. The number of aliphatic hydroxyl groups excluding tert-OH is 1. The number of aryl methyl sites for hydroxylation is 1. The van der Waals surface area contributed by atoms with Gasteiger partial charge in [-0.2, -0.15) is 0 Å². The van der Waals surface area contributed by atoms with Crippen LogP contribution in [0, 0.1) is 6.92 Å². The van der Waals surface area contributed by atoms with Crippen molar-refractivity contribution in [2.75, 3.05) is 0 Å². The van der Waals surface area contributed by atoms with Crippen molar-refractivity contribution in [3.8, 4) is 0 Å². The number of aliphatic hydroxyl groups is 1. The van der Waals surface area contributed by atoms with Crippen LogP contribution in [0.15, 0.2) is 59.5 Å². The average molecular weight is 319 g/mol. The third-order valence-electron chi connectivity index (χ3n) is 3.45. The zero-order chi connectivity index (χ0) is 16.2. The van der Waals surface area contributed by atoms with Gasteiger partial charge in [0.05, 0.1) is 11.0 Å². The van der Waals surface area contributed by atoms with Crippen LogP contribution in [0.4, 0.5) is 0 Å². The van der Waals surface area contributed by atoms with E-state index in [1.54, 1.807) is 31.2 Å². The van der Waals surface area contributed by atoms with E-state index in [2.05, 4.69) is 4.72 Å².